The molecule has 4 aliphatic heterocycles. The minimum Gasteiger partial charge on any atom is -0.490 e. The van der Waals surface area contributed by atoms with Crippen LogP contribution in [0.15, 0.2) is 40.5 Å². The first-order valence-electron chi connectivity index (χ1n) is 12.2. The van der Waals surface area contributed by atoms with Gasteiger partial charge in [-0.1, -0.05) is 0 Å². The fraction of sp³-hybridized carbons (Fsp3) is 0.520. The van der Waals surface area contributed by atoms with Gasteiger partial charge in [-0.05, 0) is 37.1 Å². The van der Waals surface area contributed by atoms with Gasteiger partial charge in [0, 0.05) is 37.2 Å². The lowest BCUT2D eigenvalue weighted by Gasteiger charge is -2.43. The normalized spacial score (nSPS) is 27.4. The number of hydrogen-bond donors (Lipinski definition) is 1. The van der Waals surface area contributed by atoms with Crippen molar-refractivity contribution >= 4 is 23.4 Å². The van der Waals surface area contributed by atoms with Gasteiger partial charge in [0.1, 0.15) is 43.2 Å². The summed E-state index contributed by atoms with van der Waals surface area (Å²) in [6, 6.07) is 7.93. The van der Waals surface area contributed by atoms with Crippen LogP contribution < -0.4 is 10.5 Å². The minimum absolute atomic E-state index is 0.00237. The molecule has 2 fully saturated rings. The number of rotatable bonds is 5. The minimum atomic E-state index is -1.14. The van der Waals surface area contributed by atoms with Crippen molar-refractivity contribution in [3.63, 3.8) is 0 Å². The maximum absolute atomic E-state index is 12.9. The van der Waals surface area contributed by atoms with Gasteiger partial charge >= 0.3 is 0 Å². The number of nitrogens with two attached hydrogens (primary N) is 1. The van der Waals surface area contributed by atoms with Crippen LogP contribution in [0, 0.1) is 0 Å². The number of ketones is 1. The Balaban J connectivity index is 1.08. The SMILES string of the molecule is NC1(c2ncnc3c2SCC3)CC(N2CCC(Oc3ccc(C4=NCCO4)cc3)CC2)OCC1=O. The van der Waals surface area contributed by atoms with Crippen molar-refractivity contribution in [2.24, 2.45) is 10.7 Å². The molecule has 35 heavy (non-hydrogen) atoms. The van der Waals surface area contributed by atoms with Gasteiger partial charge in [-0.15, -0.1) is 11.8 Å². The first-order valence-corrected chi connectivity index (χ1v) is 13.2. The average Bonchev–Trinajstić information content (AvgIpc) is 3.59. The highest BCUT2D eigenvalue weighted by Gasteiger charge is 2.47. The van der Waals surface area contributed by atoms with Crippen LogP contribution in [0.3, 0.4) is 0 Å². The lowest BCUT2D eigenvalue weighted by molar-refractivity contribution is -0.157. The van der Waals surface area contributed by atoms with E-state index in [1.807, 2.05) is 24.3 Å². The highest BCUT2D eigenvalue weighted by molar-refractivity contribution is 7.99. The van der Waals surface area contributed by atoms with E-state index in [-0.39, 0.29) is 24.7 Å². The van der Waals surface area contributed by atoms with Crippen LogP contribution >= 0.6 is 11.8 Å². The van der Waals surface area contributed by atoms with Gasteiger partial charge in [-0.3, -0.25) is 9.69 Å². The van der Waals surface area contributed by atoms with Crippen LogP contribution in [0.5, 0.6) is 5.75 Å². The lowest BCUT2D eigenvalue weighted by Crippen LogP contribution is -2.59. The zero-order chi connectivity index (χ0) is 23.8. The highest BCUT2D eigenvalue weighted by Crippen LogP contribution is 2.40. The van der Waals surface area contributed by atoms with E-state index >= 15 is 0 Å². The molecule has 0 bridgehead atoms. The van der Waals surface area contributed by atoms with Gasteiger partial charge < -0.3 is 19.9 Å². The number of thioether (sulfide) groups is 1. The first-order chi connectivity index (χ1) is 17.1. The molecule has 184 valence electrons. The zero-order valence-electron chi connectivity index (χ0n) is 19.5. The Kier molecular flexibility index (Phi) is 6.21. The molecule has 0 amide bonds. The van der Waals surface area contributed by atoms with Crippen molar-refractivity contribution < 1.29 is 19.0 Å². The second-order valence-electron chi connectivity index (χ2n) is 9.37. The number of piperidine rings is 1. The molecule has 0 saturated carbocycles. The number of hydrogen-bond acceptors (Lipinski definition) is 10. The molecule has 2 N–H and O–H groups in total. The summed E-state index contributed by atoms with van der Waals surface area (Å²) >= 11 is 1.69. The van der Waals surface area contributed by atoms with E-state index in [4.69, 9.17) is 19.9 Å². The Bertz CT molecular complexity index is 1140. The van der Waals surface area contributed by atoms with Gasteiger partial charge in [0.05, 0.1) is 22.8 Å². The molecule has 2 aromatic rings. The molecule has 10 heteroatoms. The fourth-order valence-corrected chi connectivity index (χ4v) is 6.37. The fourth-order valence-electron chi connectivity index (χ4n) is 5.18. The zero-order valence-corrected chi connectivity index (χ0v) is 20.3. The highest BCUT2D eigenvalue weighted by atomic mass is 32.2. The van der Waals surface area contributed by atoms with Crippen LogP contribution in [0.4, 0.5) is 0 Å². The number of carbonyl (C=O) groups is 1. The van der Waals surface area contributed by atoms with Crippen molar-refractivity contribution in [2.45, 2.75) is 48.4 Å². The number of fused-ring (bicyclic) bond motifs is 1. The predicted octanol–water partition coefficient (Wildman–Crippen LogP) is 1.91. The maximum atomic E-state index is 12.9. The predicted molar refractivity (Wildman–Crippen MR) is 131 cm³/mol. The molecule has 0 aliphatic carbocycles. The van der Waals surface area contributed by atoms with Crippen LogP contribution in [-0.2, 0) is 26.2 Å². The molecule has 6 rings (SSSR count). The number of aryl methyl sites for hydroxylation is 1. The number of aliphatic imine (C=N–C) groups is 1. The Hall–Kier alpha value is -2.53. The first kappa shape index (κ1) is 22.9. The topological polar surface area (TPSA) is 112 Å². The van der Waals surface area contributed by atoms with E-state index in [0.717, 1.165) is 66.6 Å². The third-order valence-electron chi connectivity index (χ3n) is 7.16. The van der Waals surface area contributed by atoms with Gasteiger partial charge in [0.25, 0.3) is 0 Å². The number of Topliss-reactive ketones (excluding diaryl/α,β-unsaturated/α-hetero) is 1. The van der Waals surface area contributed by atoms with Crippen LogP contribution in [0.25, 0.3) is 0 Å². The van der Waals surface area contributed by atoms with E-state index in [1.54, 1.807) is 11.8 Å². The Morgan fingerprint density at radius 1 is 1.17 bits per heavy atom. The second-order valence-corrected chi connectivity index (χ2v) is 10.5. The standard InChI is InChI=1S/C25H29N5O4S/c26-25(23-22-19(7-12-35-22)28-15-29-23)13-21(33-14-20(25)31)30-9-5-18(6-10-30)34-17-3-1-16(2-4-17)24-27-8-11-32-24/h1-4,15,18,21H,5-14,26H2. The van der Waals surface area contributed by atoms with E-state index in [0.29, 0.717) is 24.6 Å². The molecule has 5 heterocycles. The van der Waals surface area contributed by atoms with Crippen molar-refractivity contribution in [2.75, 3.05) is 38.6 Å². The molecule has 4 aliphatic rings. The third-order valence-corrected chi connectivity index (χ3v) is 8.29. The summed E-state index contributed by atoms with van der Waals surface area (Å²) in [6.07, 6.45) is 4.49. The second kappa shape index (κ2) is 9.50. The van der Waals surface area contributed by atoms with Crippen molar-refractivity contribution in [1.82, 2.24) is 14.9 Å². The Morgan fingerprint density at radius 2 is 2.00 bits per heavy atom. The van der Waals surface area contributed by atoms with E-state index in [9.17, 15) is 4.79 Å². The van der Waals surface area contributed by atoms with Crippen LogP contribution in [0.2, 0.25) is 0 Å². The molecule has 1 aromatic carbocycles. The Labute approximate surface area is 208 Å². The van der Waals surface area contributed by atoms with Gasteiger partial charge in [-0.2, -0.15) is 0 Å². The van der Waals surface area contributed by atoms with Crippen molar-refractivity contribution in [1.29, 1.82) is 0 Å². The number of likely N-dealkylation sites (tertiary alicyclic amines) is 1. The molecule has 2 saturated heterocycles. The number of carbonyl (C=O) groups excluding carboxylic acids is 1. The molecule has 0 spiro atoms. The van der Waals surface area contributed by atoms with Crippen LogP contribution in [-0.4, -0.2) is 77.5 Å². The largest absolute Gasteiger partial charge is 0.490 e. The molecular weight excluding hydrogens is 466 g/mol. The summed E-state index contributed by atoms with van der Waals surface area (Å²) in [5.74, 6) is 2.39. The summed E-state index contributed by atoms with van der Waals surface area (Å²) in [7, 11) is 0. The molecular formula is C25H29N5O4S. The quantitative estimate of drug-likeness (QED) is 0.665. The number of ether oxygens (including phenoxy) is 3. The number of benzene rings is 1. The molecule has 9 nitrogen and oxygen atoms in total. The van der Waals surface area contributed by atoms with Gasteiger partial charge in [0.2, 0.25) is 5.90 Å². The summed E-state index contributed by atoms with van der Waals surface area (Å²) in [5, 5.41) is 0. The van der Waals surface area contributed by atoms with E-state index in [2.05, 4.69) is 19.9 Å². The lowest BCUT2D eigenvalue weighted by atomic mass is 9.84. The average molecular weight is 496 g/mol. The number of nitrogens with zero attached hydrogens (tertiary/aromatic N) is 4. The summed E-state index contributed by atoms with van der Waals surface area (Å²) in [4.78, 5) is 29.4. The van der Waals surface area contributed by atoms with Crippen molar-refractivity contribution in [3.05, 3.63) is 47.5 Å². The van der Waals surface area contributed by atoms with E-state index < -0.39 is 5.54 Å². The molecule has 2 atom stereocenters. The molecule has 0 radical (unpaired) electrons. The number of aromatic nitrogens is 2. The van der Waals surface area contributed by atoms with Crippen molar-refractivity contribution in [3.8, 4) is 5.75 Å². The summed E-state index contributed by atoms with van der Waals surface area (Å²) in [5.41, 5.74) is 8.28. The van der Waals surface area contributed by atoms with E-state index in [1.165, 1.54) is 6.33 Å². The molecule has 1 aromatic heterocycles. The maximum Gasteiger partial charge on any atom is 0.216 e. The third kappa shape index (κ3) is 4.44. The summed E-state index contributed by atoms with van der Waals surface area (Å²) < 4.78 is 17.7. The van der Waals surface area contributed by atoms with Gasteiger partial charge in [0.15, 0.2) is 5.78 Å². The van der Waals surface area contributed by atoms with Crippen LogP contribution in [0.1, 0.15) is 36.2 Å². The molecule has 2 unspecified atom stereocenters. The smallest absolute Gasteiger partial charge is 0.216 e. The monoisotopic (exact) mass is 495 g/mol. The Morgan fingerprint density at radius 3 is 2.77 bits per heavy atom. The summed E-state index contributed by atoms with van der Waals surface area (Å²) in [6.45, 7) is 3.01. The van der Waals surface area contributed by atoms with Gasteiger partial charge in [-0.25, -0.2) is 15.0 Å².